The van der Waals surface area contributed by atoms with E-state index in [4.69, 9.17) is 9.47 Å². The molecule has 156 valence electrons. The molecule has 1 amide bonds. The third-order valence-corrected chi connectivity index (χ3v) is 4.80. The summed E-state index contributed by atoms with van der Waals surface area (Å²) in [7, 11) is 0. The number of benzene rings is 1. The first-order chi connectivity index (χ1) is 14.6. The quantitative estimate of drug-likeness (QED) is 0.670. The van der Waals surface area contributed by atoms with E-state index in [0.717, 1.165) is 11.4 Å². The zero-order chi connectivity index (χ0) is 20.9. The largest absolute Gasteiger partial charge is 0.490 e. The maximum absolute atomic E-state index is 13.6. The van der Waals surface area contributed by atoms with Gasteiger partial charge in [0.05, 0.1) is 37.3 Å². The number of carbonyl (C=O) groups excluding carboxylic acids is 1. The molecule has 3 heterocycles. The summed E-state index contributed by atoms with van der Waals surface area (Å²) in [6, 6.07) is 8.18. The lowest BCUT2D eigenvalue weighted by Crippen LogP contribution is -2.42. The smallest absolute Gasteiger partial charge is 0.274 e. The summed E-state index contributed by atoms with van der Waals surface area (Å²) in [6.07, 6.45) is 3.27. The lowest BCUT2D eigenvalue weighted by atomic mass is 10.1. The van der Waals surface area contributed by atoms with E-state index in [2.05, 4.69) is 20.2 Å². The monoisotopic (exact) mass is 411 g/mol. The van der Waals surface area contributed by atoms with Crippen molar-refractivity contribution in [3.05, 3.63) is 71.3 Å². The van der Waals surface area contributed by atoms with Crippen LogP contribution in [0.15, 0.2) is 42.7 Å². The standard InChI is InChI=1S/C21H22FN5O3/c1-14-11-24-18(12-23-14)21(28)27-7-9-30-20(13-27)17-10-15(25-26-17)6-8-29-19-5-3-2-4-16(19)22/h2-5,10-12,20H,6-9,13H2,1H3,(H,25,26). The average molecular weight is 411 g/mol. The first-order valence-corrected chi connectivity index (χ1v) is 9.71. The van der Waals surface area contributed by atoms with Gasteiger partial charge in [-0.05, 0) is 25.1 Å². The Balaban J connectivity index is 1.34. The van der Waals surface area contributed by atoms with Gasteiger partial charge in [-0.2, -0.15) is 5.10 Å². The number of aryl methyl sites for hydroxylation is 1. The molecule has 30 heavy (non-hydrogen) atoms. The van der Waals surface area contributed by atoms with Crippen LogP contribution in [-0.4, -0.2) is 57.3 Å². The first-order valence-electron chi connectivity index (χ1n) is 9.71. The van der Waals surface area contributed by atoms with Gasteiger partial charge in [-0.25, -0.2) is 9.37 Å². The molecule has 1 N–H and O–H groups in total. The second kappa shape index (κ2) is 9.00. The fourth-order valence-electron chi connectivity index (χ4n) is 3.18. The zero-order valence-electron chi connectivity index (χ0n) is 16.5. The highest BCUT2D eigenvalue weighted by molar-refractivity contribution is 5.92. The molecule has 4 rings (SSSR count). The summed E-state index contributed by atoms with van der Waals surface area (Å²) >= 11 is 0. The topological polar surface area (TPSA) is 93.2 Å². The van der Waals surface area contributed by atoms with Crippen LogP contribution in [0.4, 0.5) is 4.39 Å². The molecular weight excluding hydrogens is 389 g/mol. The van der Waals surface area contributed by atoms with Gasteiger partial charge in [-0.1, -0.05) is 12.1 Å². The summed E-state index contributed by atoms with van der Waals surface area (Å²) < 4.78 is 24.9. The molecule has 0 aliphatic carbocycles. The first kappa shape index (κ1) is 20.0. The van der Waals surface area contributed by atoms with E-state index in [1.165, 1.54) is 12.3 Å². The maximum atomic E-state index is 13.6. The van der Waals surface area contributed by atoms with E-state index < -0.39 is 0 Å². The number of nitrogens with one attached hydrogen (secondary N) is 1. The van der Waals surface area contributed by atoms with Crippen molar-refractivity contribution in [3.63, 3.8) is 0 Å². The Bertz CT molecular complexity index is 1010. The molecule has 0 bridgehead atoms. The third-order valence-electron chi connectivity index (χ3n) is 4.80. The lowest BCUT2D eigenvalue weighted by Gasteiger charge is -2.31. The highest BCUT2D eigenvalue weighted by Gasteiger charge is 2.28. The molecule has 9 heteroatoms. The predicted octanol–water partition coefficient (Wildman–Crippen LogP) is 2.48. The highest BCUT2D eigenvalue weighted by atomic mass is 19.1. The Labute approximate surface area is 173 Å². The summed E-state index contributed by atoms with van der Waals surface area (Å²) in [5.41, 5.74) is 2.63. The number of para-hydroxylation sites is 1. The summed E-state index contributed by atoms with van der Waals surface area (Å²) in [6.45, 7) is 3.41. The molecule has 1 fully saturated rings. The van der Waals surface area contributed by atoms with Crippen LogP contribution < -0.4 is 4.74 Å². The van der Waals surface area contributed by atoms with Crippen molar-refractivity contribution >= 4 is 5.91 Å². The van der Waals surface area contributed by atoms with E-state index in [1.54, 1.807) is 29.3 Å². The van der Waals surface area contributed by atoms with Gasteiger partial charge in [0, 0.05) is 24.9 Å². The molecule has 0 radical (unpaired) electrons. The van der Waals surface area contributed by atoms with Gasteiger partial charge in [0.25, 0.3) is 5.91 Å². The van der Waals surface area contributed by atoms with Crippen molar-refractivity contribution in [2.75, 3.05) is 26.3 Å². The van der Waals surface area contributed by atoms with Crippen LogP contribution in [0.3, 0.4) is 0 Å². The van der Waals surface area contributed by atoms with Crippen LogP contribution in [0.5, 0.6) is 5.75 Å². The number of hydrogen-bond donors (Lipinski definition) is 1. The van der Waals surface area contributed by atoms with Gasteiger partial charge in [-0.3, -0.25) is 14.9 Å². The fraction of sp³-hybridized carbons (Fsp3) is 0.333. The van der Waals surface area contributed by atoms with Crippen molar-refractivity contribution in [1.29, 1.82) is 0 Å². The van der Waals surface area contributed by atoms with Crippen molar-refractivity contribution in [3.8, 4) is 5.75 Å². The number of halogens is 1. The third kappa shape index (κ3) is 4.62. The van der Waals surface area contributed by atoms with Crippen LogP contribution in [0, 0.1) is 12.7 Å². The average Bonchev–Trinajstić information content (AvgIpc) is 3.24. The lowest BCUT2D eigenvalue weighted by molar-refractivity contribution is -0.0249. The molecule has 1 saturated heterocycles. The second-order valence-corrected chi connectivity index (χ2v) is 7.00. The number of aromatic amines is 1. The van der Waals surface area contributed by atoms with E-state index >= 15 is 0 Å². The molecule has 2 aromatic heterocycles. The van der Waals surface area contributed by atoms with Crippen LogP contribution in [0.25, 0.3) is 0 Å². The van der Waals surface area contributed by atoms with Gasteiger partial charge in [-0.15, -0.1) is 0 Å². The number of aromatic nitrogens is 4. The molecule has 8 nitrogen and oxygen atoms in total. The Morgan fingerprint density at radius 2 is 2.20 bits per heavy atom. The van der Waals surface area contributed by atoms with Crippen LogP contribution >= 0.6 is 0 Å². The zero-order valence-corrected chi connectivity index (χ0v) is 16.5. The molecule has 0 saturated carbocycles. The Kier molecular flexibility index (Phi) is 5.99. The minimum atomic E-state index is -0.388. The number of H-pyrrole nitrogens is 1. The van der Waals surface area contributed by atoms with Gasteiger partial charge in [0.15, 0.2) is 11.6 Å². The van der Waals surface area contributed by atoms with Crippen molar-refractivity contribution in [2.24, 2.45) is 0 Å². The number of morpholine rings is 1. The summed E-state index contributed by atoms with van der Waals surface area (Å²) in [4.78, 5) is 22.7. The Morgan fingerprint density at radius 1 is 1.33 bits per heavy atom. The van der Waals surface area contributed by atoms with Crippen LogP contribution in [-0.2, 0) is 11.2 Å². The molecule has 3 aromatic rings. The molecule has 1 aliphatic rings. The van der Waals surface area contributed by atoms with E-state index in [-0.39, 0.29) is 23.6 Å². The molecule has 1 atom stereocenters. The van der Waals surface area contributed by atoms with Crippen LogP contribution in [0.1, 0.15) is 33.7 Å². The van der Waals surface area contributed by atoms with Gasteiger partial charge >= 0.3 is 0 Å². The normalized spacial score (nSPS) is 16.5. The van der Waals surface area contributed by atoms with E-state index in [1.807, 2.05) is 13.0 Å². The predicted molar refractivity (Wildman–Crippen MR) is 106 cm³/mol. The minimum absolute atomic E-state index is 0.176. The SMILES string of the molecule is Cc1cnc(C(=O)N2CCOC(c3cc(CCOc4ccccc4F)[nH]n3)C2)cn1. The summed E-state index contributed by atoms with van der Waals surface area (Å²) in [5.74, 6) is -0.340. The van der Waals surface area contributed by atoms with Gasteiger partial charge in [0.1, 0.15) is 11.8 Å². The fourth-order valence-corrected chi connectivity index (χ4v) is 3.18. The van der Waals surface area contributed by atoms with Gasteiger partial charge in [0.2, 0.25) is 0 Å². The van der Waals surface area contributed by atoms with E-state index in [0.29, 0.717) is 44.1 Å². The summed E-state index contributed by atoms with van der Waals surface area (Å²) in [5, 5.41) is 7.27. The van der Waals surface area contributed by atoms with Gasteiger partial charge < -0.3 is 14.4 Å². The molecule has 1 aromatic carbocycles. The molecular formula is C21H22FN5O3. The Morgan fingerprint density at radius 3 is 3.00 bits per heavy atom. The van der Waals surface area contributed by atoms with Crippen molar-refractivity contribution in [2.45, 2.75) is 19.4 Å². The van der Waals surface area contributed by atoms with E-state index in [9.17, 15) is 9.18 Å². The van der Waals surface area contributed by atoms with Crippen molar-refractivity contribution in [1.82, 2.24) is 25.1 Å². The number of ether oxygens (including phenoxy) is 2. The van der Waals surface area contributed by atoms with Crippen LogP contribution in [0.2, 0.25) is 0 Å². The minimum Gasteiger partial charge on any atom is -0.490 e. The molecule has 1 unspecified atom stereocenters. The number of rotatable bonds is 6. The van der Waals surface area contributed by atoms with Crippen molar-refractivity contribution < 1.29 is 18.7 Å². The maximum Gasteiger partial charge on any atom is 0.274 e. The Hall–Kier alpha value is -3.33. The molecule has 1 aliphatic heterocycles. The highest BCUT2D eigenvalue weighted by Crippen LogP contribution is 2.22. The number of nitrogens with zero attached hydrogens (tertiary/aromatic N) is 4. The number of carbonyl (C=O) groups is 1. The number of hydrogen-bond acceptors (Lipinski definition) is 6. The molecule has 0 spiro atoms. The number of amides is 1. The second-order valence-electron chi connectivity index (χ2n) is 7.00.